The third-order valence-electron chi connectivity index (χ3n) is 11.3. The van der Waals surface area contributed by atoms with Crippen LogP contribution in [0, 0.1) is 58.2 Å². The van der Waals surface area contributed by atoms with Gasteiger partial charge in [0.15, 0.2) is 0 Å². The summed E-state index contributed by atoms with van der Waals surface area (Å²) < 4.78 is 25.9. The zero-order chi connectivity index (χ0) is 56.6. The standard InChI is InChI=1S/C14H26O7.C12H22O6.C12H24O4.C11H20O6.7Na/c1-10(21-7-4-3-6-20-8-5-15)9-12(14(18)19)11(2)13(16)17;1-8(10(14)15)9(11(16)17)6-12(2,3)7-18-5-4-13;1-4-10(11(14)15)9-12(2,3)5-7-16-8-6-13;1-7(6-17-4-3-12)5-9(11(15)16)8(2)10(13)14;;;;;;;/h10-12,15H,3-9H2,1-2H3,(H,16,17)(H,18,19);8-9,13H,4-7H2,1-3H3,(H,14,15)(H,16,17);10,13H,4-9H2,1-3H3,(H,14,15);7-9,12H,3-6H2,1-2H3,(H,13,14)(H,15,16);;;;;;;/q;;;;7*+1/p-7. The SMILES string of the molecule is CC(C(=O)[O-])C(CC(C)(C)COCCO)C(=O)[O-].CC(CC(C(=O)[O-])C(C)C(=O)[O-])OCCCCOCCO.CC(COCCO)CC(C(=O)[O-])C(C)C(=O)[O-].CCC(CC(C)(C)CCOCCO)C(=O)[O-].[Na+].[Na+].[Na+].[Na+].[Na+].[Na+].[Na+]. The second-order valence-electron chi connectivity index (χ2n) is 19.2. The van der Waals surface area contributed by atoms with E-state index in [2.05, 4.69) is 0 Å². The predicted molar refractivity (Wildman–Crippen MR) is 243 cm³/mol. The topological polar surface area (TPSA) is 408 Å². The number of hydrogen-bond acceptors (Lipinski definition) is 23. The van der Waals surface area contributed by atoms with Gasteiger partial charge in [-0.3, -0.25) is 0 Å². The second kappa shape index (κ2) is 65.4. The van der Waals surface area contributed by atoms with E-state index < -0.39 is 82.7 Å². The molecule has 0 aliphatic carbocycles. The average molecular weight is 1200 g/mol. The van der Waals surface area contributed by atoms with E-state index in [9.17, 15) is 69.3 Å². The molecule has 23 nitrogen and oxygen atoms in total. The summed E-state index contributed by atoms with van der Waals surface area (Å²) in [6, 6.07) is 0. The Balaban J connectivity index is -0.0000000846. The van der Waals surface area contributed by atoms with Crippen molar-refractivity contribution in [3.05, 3.63) is 0 Å². The summed E-state index contributed by atoms with van der Waals surface area (Å²) in [6.45, 7) is 19.6. The van der Waals surface area contributed by atoms with Gasteiger partial charge in [-0.2, -0.15) is 0 Å². The molecule has 0 radical (unpaired) electrons. The number of hydrogen-bond donors (Lipinski definition) is 4. The Morgan fingerprint density at radius 3 is 1.18 bits per heavy atom. The molecule has 0 saturated carbocycles. The number of aliphatic hydroxyl groups is 4. The first-order valence-corrected chi connectivity index (χ1v) is 24.3. The maximum Gasteiger partial charge on any atom is 1.00 e. The summed E-state index contributed by atoms with van der Waals surface area (Å²) in [5.74, 6) is -16.6. The van der Waals surface area contributed by atoms with E-state index in [1.807, 2.05) is 20.8 Å². The fourth-order valence-corrected chi connectivity index (χ4v) is 6.75. The van der Waals surface area contributed by atoms with Gasteiger partial charge >= 0.3 is 207 Å². The molecular weight excluding hydrogens is 1120 g/mol. The van der Waals surface area contributed by atoms with Gasteiger partial charge in [-0.25, -0.2) is 0 Å². The molecule has 30 heteroatoms. The van der Waals surface area contributed by atoms with Crippen LogP contribution < -0.4 is 243 Å². The van der Waals surface area contributed by atoms with Crippen molar-refractivity contribution in [2.45, 2.75) is 127 Å². The van der Waals surface area contributed by atoms with Gasteiger partial charge in [-0.1, -0.05) is 62.3 Å². The molecule has 0 heterocycles. The Labute approximate surface area is 624 Å². The van der Waals surface area contributed by atoms with Crippen molar-refractivity contribution in [2.24, 2.45) is 58.2 Å². The van der Waals surface area contributed by atoms with Gasteiger partial charge in [0.1, 0.15) is 0 Å². The van der Waals surface area contributed by atoms with Crippen LogP contribution in [0.25, 0.3) is 0 Å². The normalized spacial score (nSPS) is 13.8. The van der Waals surface area contributed by atoms with Crippen LogP contribution in [0.1, 0.15) is 121 Å². The first-order chi connectivity index (χ1) is 33.4. The molecule has 9 atom stereocenters. The van der Waals surface area contributed by atoms with Crippen LogP contribution in [0.15, 0.2) is 0 Å². The number of carbonyl (C=O) groups is 7. The van der Waals surface area contributed by atoms with Crippen molar-refractivity contribution >= 4 is 41.8 Å². The number of carbonyl (C=O) groups excluding carboxylic acids is 7. The zero-order valence-corrected chi connectivity index (χ0v) is 65.1. The molecule has 0 aliphatic rings. The molecule has 79 heavy (non-hydrogen) atoms. The molecule has 0 bridgehead atoms. The van der Waals surface area contributed by atoms with Crippen LogP contribution in [0.4, 0.5) is 0 Å². The molecule has 0 aliphatic heterocycles. The summed E-state index contributed by atoms with van der Waals surface area (Å²) in [6.07, 6.45) is 3.44. The minimum atomic E-state index is -1.41. The third kappa shape index (κ3) is 62.3. The minimum absolute atomic E-state index is 0. The predicted octanol–water partition coefficient (Wildman–Crippen LogP) is -26.1. The van der Waals surface area contributed by atoms with Gasteiger partial charge in [-0.05, 0) is 81.0 Å². The van der Waals surface area contributed by atoms with Crippen molar-refractivity contribution in [1.29, 1.82) is 0 Å². The number of aliphatic hydroxyl groups excluding tert-OH is 4. The fraction of sp³-hybridized carbons (Fsp3) is 0.857. The summed E-state index contributed by atoms with van der Waals surface area (Å²) in [5, 5.41) is 110. The van der Waals surface area contributed by atoms with Crippen molar-refractivity contribution in [3.63, 3.8) is 0 Å². The Hall–Kier alpha value is 2.93. The van der Waals surface area contributed by atoms with Gasteiger partial charge in [0.05, 0.1) is 65.6 Å². The molecule has 4 N–H and O–H groups in total. The molecule has 0 rings (SSSR count). The maximum atomic E-state index is 11.0. The monoisotopic (exact) mass is 1200 g/mol. The molecule has 0 aromatic rings. The second-order valence-corrected chi connectivity index (χ2v) is 19.2. The first-order valence-electron chi connectivity index (χ1n) is 24.3. The van der Waals surface area contributed by atoms with Crippen LogP contribution in [0.3, 0.4) is 0 Å². The van der Waals surface area contributed by atoms with Gasteiger partial charge in [-0.15, -0.1) is 0 Å². The molecule has 9 unspecified atom stereocenters. The zero-order valence-electron chi connectivity index (χ0n) is 51.1. The molecule has 0 amide bonds. The maximum absolute atomic E-state index is 11.0. The van der Waals surface area contributed by atoms with Crippen LogP contribution in [0.2, 0.25) is 0 Å². The van der Waals surface area contributed by atoms with Crippen molar-refractivity contribution in [3.8, 4) is 0 Å². The third-order valence-corrected chi connectivity index (χ3v) is 11.3. The van der Waals surface area contributed by atoms with E-state index in [0.29, 0.717) is 45.9 Å². The summed E-state index contributed by atoms with van der Waals surface area (Å²) in [4.78, 5) is 75.7. The number of carboxylic acid groups (broad SMARTS) is 7. The Bertz CT molecular complexity index is 1510. The van der Waals surface area contributed by atoms with Crippen LogP contribution in [0.5, 0.6) is 0 Å². The molecule has 426 valence electrons. The Morgan fingerprint density at radius 2 is 0.797 bits per heavy atom. The van der Waals surface area contributed by atoms with E-state index in [1.165, 1.54) is 20.8 Å². The minimum Gasteiger partial charge on any atom is -0.550 e. The largest absolute Gasteiger partial charge is 1.00 e. The van der Waals surface area contributed by atoms with Crippen LogP contribution in [-0.2, 0) is 57.2 Å². The van der Waals surface area contributed by atoms with E-state index in [1.54, 1.807) is 27.7 Å². The first kappa shape index (κ1) is 107. The Kier molecular flexibility index (Phi) is 88.3. The van der Waals surface area contributed by atoms with Gasteiger partial charge in [0, 0.05) is 104 Å². The Morgan fingerprint density at radius 1 is 0.430 bits per heavy atom. The molecule has 0 spiro atoms. The smallest absolute Gasteiger partial charge is 0.550 e. The summed E-state index contributed by atoms with van der Waals surface area (Å²) in [7, 11) is 0. The quantitative estimate of drug-likeness (QED) is 0.0327. The van der Waals surface area contributed by atoms with Crippen molar-refractivity contribution in [1.82, 2.24) is 0 Å². The molecule has 0 aromatic heterocycles. The summed E-state index contributed by atoms with van der Waals surface area (Å²) in [5.41, 5.74) is -0.597. The summed E-state index contributed by atoms with van der Waals surface area (Å²) >= 11 is 0. The van der Waals surface area contributed by atoms with E-state index in [4.69, 9.17) is 44.1 Å². The average Bonchev–Trinajstić information content (AvgIpc) is 3.29. The number of carboxylic acids is 7. The number of unbranched alkanes of at least 4 members (excludes halogenated alkanes) is 1. The molecular formula is C49H85Na7O23. The molecule has 0 fully saturated rings. The van der Waals surface area contributed by atoms with Crippen molar-refractivity contribution in [2.75, 3.05) is 85.9 Å². The number of ether oxygens (including phenoxy) is 5. The fourth-order valence-electron chi connectivity index (χ4n) is 6.75. The number of aliphatic carboxylic acids is 7. The van der Waals surface area contributed by atoms with Gasteiger partial charge in [0.2, 0.25) is 0 Å². The van der Waals surface area contributed by atoms with E-state index >= 15 is 0 Å². The number of rotatable bonds is 40. The van der Waals surface area contributed by atoms with Crippen LogP contribution >= 0.6 is 0 Å². The van der Waals surface area contributed by atoms with E-state index in [-0.39, 0.29) is 302 Å². The molecule has 0 saturated heterocycles. The van der Waals surface area contributed by atoms with Crippen LogP contribution in [-0.4, -0.2) is 154 Å². The van der Waals surface area contributed by atoms with Gasteiger partial charge in [0.25, 0.3) is 0 Å². The van der Waals surface area contributed by atoms with E-state index in [0.717, 1.165) is 19.3 Å². The van der Waals surface area contributed by atoms with Crippen molar-refractivity contribution < 1.29 is 320 Å². The molecule has 0 aromatic carbocycles. The van der Waals surface area contributed by atoms with Gasteiger partial charge < -0.3 is 113 Å².